The molecule has 2 aliphatic rings. The summed E-state index contributed by atoms with van der Waals surface area (Å²) in [6.45, 7) is 7.87. The summed E-state index contributed by atoms with van der Waals surface area (Å²) in [7, 11) is 2.11. The number of nitrogens with zero attached hydrogens (tertiary/aromatic N) is 3. The van der Waals surface area contributed by atoms with Crippen molar-refractivity contribution in [3.8, 4) is 18.0 Å². The van der Waals surface area contributed by atoms with Gasteiger partial charge in [0.05, 0.1) is 92.0 Å². The van der Waals surface area contributed by atoms with Crippen LogP contribution in [0, 0.1) is 67.8 Å². The summed E-state index contributed by atoms with van der Waals surface area (Å²) in [6.07, 6.45) is 7.15. The van der Waals surface area contributed by atoms with Crippen molar-refractivity contribution in [1.29, 1.82) is 5.26 Å². The molecule has 0 aromatic carbocycles. The average molecular weight is 779 g/mol. The number of ether oxygens (including phenoxy) is 5. The summed E-state index contributed by atoms with van der Waals surface area (Å²) in [6, 6.07) is 5.29. The third-order valence-electron chi connectivity index (χ3n) is 7.19. The Morgan fingerprint density at radius 1 is 1.00 bits per heavy atom. The Bertz CT molecular complexity index is 999. The van der Waals surface area contributed by atoms with E-state index in [2.05, 4.69) is 35.7 Å². The normalized spacial score (nSPS) is 19.2. The Morgan fingerprint density at radius 2 is 1.60 bits per heavy atom. The zero-order chi connectivity index (χ0) is 31.7. The second kappa shape index (κ2) is 26.3. The topological polar surface area (TPSA) is 148 Å². The summed E-state index contributed by atoms with van der Waals surface area (Å²) in [4.78, 5) is 37.2. The number of nitriles is 1. The van der Waals surface area contributed by atoms with E-state index < -0.39 is 0 Å². The smallest absolute Gasteiger partial charge is 0.264 e. The molecular weight excluding hydrogens is 729 g/mol. The van der Waals surface area contributed by atoms with E-state index in [-0.39, 0.29) is 61.9 Å². The summed E-state index contributed by atoms with van der Waals surface area (Å²) < 4.78 is 27.8. The van der Waals surface area contributed by atoms with Gasteiger partial charge >= 0.3 is 0 Å². The Labute approximate surface area is 298 Å². The SMILES string of the molecule is C[N+]1(CCC/C=C(\C#N)C(=O)N2CCCC(C(=O)NCCOCCOCCOCCOCCOCCN[C-]=O)C2)C#CCC1.[Tb]. The van der Waals surface area contributed by atoms with Crippen molar-refractivity contribution < 1.29 is 81.2 Å². The average Bonchev–Trinajstić information content (AvgIpc) is 3.48. The molecule has 1 radical (unpaired) electrons. The number of amides is 3. The molecule has 0 saturated carbocycles. The van der Waals surface area contributed by atoms with E-state index in [1.165, 1.54) is 0 Å². The number of likely N-dealkylation sites (tertiary alicyclic amines) is 1. The number of allylic oxidation sites excluding steroid dienone is 1. The van der Waals surface area contributed by atoms with Crippen LogP contribution < -0.4 is 10.6 Å². The van der Waals surface area contributed by atoms with Crippen LogP contribution in [0.25, 0.3) is 0 Å². The molecule has 0 aromatic heterocycles. The number of hydrogen-bond acceptors (Lipinski definition) is 9. The Hall–Kier alpha value is -1.75. The molecule has 13 nitrogen and oxygen atoms in total. The van der Waals surface area contributed by atoms with Crippen molar-refractivity contribution in [2.24, 2.45) is 5.92 Å². The number of piperidine rings is 1. The van der Waals surface area contributed by atoms with Gasteiger partial charge in [-0.25, -0.2) is 4.48 Å². The number of carbonyl (C=O) groups excluding carboxylic acids is 3. The van der Waals surface area contributed by atoms with Crippen LogP contribution in [0.2, 0.25) is 0 Å². The third kappa shape index (κ3) is 18.9. The van der Waals surface area contributed by atoms with Crippen molar-refractivity contribution >= 4 is 18.2 Å². The van der Waals surface area contributed by atoms with E-state index in [1.54, 1.807) is 17.4 Å². The van der Waals surface area contributed by atoms with Crippen molar-refractivity contribution in [2.75, 3.05) is 112 Å². The molecule has 1 saturated heterocycles. The van der Waals surface area contributed by atoms with Crippen LogP contribution in [0.3, 0.4) is 0 Å². The van der Waals surface area contributed by atoms with E-state index in [4.69, 9.17) is 23.7 Å². The van der Waals surface area contributed by atoms with Crippen LogP contribution in [-0.4, -0.2) is 140 Å². The van der Waals surface area contributed by atoms with Crippen LogP contribution in [0.4, 0.5) is 0 Å². The van der Waals surface area contributed by atoms with Gasteiger partial charge in [0.25, 0.3) is 5.91 Å². The minimum Gasteiger partial charge on any atom is -0.528 e. The van der Waals surface area contributed by atoms with E-state index in [0.29, 0.717) is 105 Å². The first-order chi connectivity index (χ1) is 21.5. The molecule has 14 heteroatoms. The zero-order valence-electron chi connectivity index (χ0n) is 26.4. The molecule has 2 N–H and O–H groups in total. The fourth-order valence-corrected chi connectivity index (χ4v) is 4.73. The Balaban J connectivity index is 0.0000101. The standard InChI is InChI=1S/C31H49N5O8.Tb/c1-36(13-4-5-14-36)12-3-2-7-28(25-32)31(39)35-11-6-8-29(26-35)30(38)34-10-16-41-18-20-43-22-24-44-23-21-42-19-17-40-15-9-33-27-37;/h7,29H,2-4,6,8-13,15-24,26H2,1H3,(H,33,37)(H,34,38);/b28-7+;. The van der Waals surface area contributed by atoms with Crippen molar-refractivity contribution in [3.63, 3.8) is 0 Å². The first-order valence-electron chi connectivity index (χ1n) is 15.5. The second-order valence-corrected chi connectivity index (χ2v) is 10.7. The maximum atomic E-state index is 13.0. The molecule has 2 heterocycles. The van der Waals surface area contributed by atoms with Gasteiger partial charge in [-0.15, -0.1) is 0 Å². The predicted octanol–water partition coefficient (Wildman–Crippen LogP) is 0.122. The number of quaternary nitrogens is 1. The largest absolute Gasteiger partial charge is 0.528 e. The van der Waals surface area contributed by atoms with Crippen LogP contribution in [0.5, 0.6) is 0 Å². The molecule has 1 fully saturated rings. The van der Waals surface area contributed by atoms with Gasteiger partial charge in [-0.1, -0.05) is 6.08 Å². The van der Waals surface area contributed by atoms with Gasteiger partial charge in [0, 0.05) is 71.2 Å². The fourth-order valence-electron chi connectivity index (χ4n) is 4.73. The quantitative estimate of drug-likeness (QED) is 0.0251. The molecule has 0 bridgehead atoms. The molecule has 2 unspecified atom stereocenters. The summed E-state index contributed by atoms with van der Waals surface area (Å²) in [5.74, 6) is 2.42. The number of nitrogens with one attached hydrogen (secondary N) is 2. The Morgan fingerprint density at radius 3 is 2.16 bits per heavy atom. The minimum absolute atomic E-state index is 0. The van der Waals surface area contributed by atoms with E-state index >= 15 is 0 Å². The molecule has 0 aliphatic carbocycles. The molecule has 0 aromatic rings. The van der Waals surface area contributed by atoms with Crippen molar-refractivity contribution in [3.05, 3.63) is 11.6 Å². The monoisotopic (exact) mass is 778 g/mol. The summed E-state index contributed by atoms with van der Waals surface area (Å²) in [5.41, 5.74) is 0.149. The summed E-state index contributed by atoms with van der Waals surface area (Å²) >= 11 is 0. The maximum Gasteiger partial charge on any atom is 0.264 e. The zero-order valence-corrected chi connectivity index (χ0v) is 28.6. The van der Waals surface area contributed by atoms with Gasteiger partial charge in [0.2, 0.25) is 5.91 Å². The molecule has 0 spiro atoms. The van der Waals surface area contributed by atoms with E-state index in [0.717, 1.165) is 36.8 Å². The number of hydrogen-bond donors (Lipinski definition) is 2. The molecule has 2 rings (SSSR count). The number of unbranched alkanes of at least 4 members (excludes halogenated alkanes) is 1. The van der Waals surface area contributed by atoms with Crippen LogP contribution in [0.1, 0.15) is 32.1 Å². The first kappa shape index (κ1) is 41.3. The second-order valence-electron chi connectivity index (χ2n) is 10.7. The Kier molecular flexibility index (Phi) is 24.1. The number of rotatable bonds is 25. The van der Waals surface area contributed by atoms with E-state index in [9.17, 15) is 19.6 Å². The maximum absolute atomic E-state index is 13.0. The molecule has 45 heavy (non-hydrogen) atoms. The third-order valence-corrected chi connectivity index (χ3v) is 7.19. The van der Waals surface area contributed by atoms with Gasteiger partial charge in [-0.05, 0) is 25.2 Å². The molecule has 2 aliphatic heterocycles. The summed E-state index contributed by atoms with van der Waals surface area (Å²) in [5, 5.41) is 14.9. The van der Waals surface area contributed by atoms with Gasteiger partial charge in [-0.3, -0.25) is 9.59 Å². The first-order valence-corrected chi connectivity index (χ1v) is 15.5. The molecule has 2 atom stereocenters. The van der Waals surface area contributed by atoms with Crippen LogP contribution >= 0.6 is 0 Å². The molecule has 255 valence electrons. The molecule has 3 amide bonds. The minimum atomic E-state index is -0.302. The van der Waals surface area contributed by atoms with Crippen LogP contribution in [-0.2, 0) is 38.1 Å². The van der Waals surface area contributed by atoms with Crippen LogP contribution in [0.15, 0.2) is 11.6 Å². The number of carbonyl (C=O) groups is 2. The van der Waals surface area contributed by atoms with E-state index in [1.807, 2.05) is 0 Å². The fraction of sp³-hybridized carbons (Fsp3) is 0.742. The van der Waals surface area contributed by atoms with Crippen molar-refractivity contribution in [1.82, 2.24) is 15.5 Å². The molecular formula is C31H49N5O8Tb. The van der Waals surface area contributed by atoms with Gasteiger partial charge in [0.1, 0.15) is 24.2 Å². The van der Waals surface area contributed by atoms with Gasteiger partial charge in [-0.2, -0.15) is 11.7 Å². The van der Waals surface area contributed by atoms with Gasteiger partial charge in [0.15, 0.2) is 0 Å². The predicted molar refractivity (Wildman–Crippen MR) is 161 cm³/mol. The van der Waals surface area contributed by atoms with Gasteiger partial charge < -0.3 is 44.0 Å². The van der Waals surface area contributed by atoms with Crippen molar-refractivity contribution in [2.45, 2.75) is 32.1 Å².